The average molecular weight is 198 g/mol. The molecule has 0 saturated carbocycles. The predicted octanol–water partition coefficient (Wildman–Crippen LogP) is 1.51. The molecule has 1 aliphatic rings. The summed E-state index contributed by atoms with van der Waals surface area (Å²) in [6.07, 6.45) is 3.97. The van der Waals surface area contributed by atoms with E-state index in [1.807, 2.05) is 4.90 Å². The van der Waals surface area contributed by atoms with Gasteiger partial charge in [-0.25, -0.2) is 0 Å². The summed E-state index contributed by atoms with van der Waals surface area (Å²) < 4.78 is 0. The molecule has 1 fully saturated rings. The van der Waals surface area contributed by atoms with Gasteiger partial charge in [-0.15, -0.1) is 0 Å². The molecular weight excluding hydrogens is 176 g/mol. The lowest BCUT2D eigenvalue weighted by molar-refractivity contribution is -0.135. The first kappa shape index (κ1) is 11.5. The summed E-state index contributed by atoms with van der Waals surface area (Å²) in [6, 6.07) is -0.294. The lowest BCUT2D eigenvalue weighted by Crippen LogP contribution is -2.50. The Kier molecular flexibility index (Phi) is 3.53. The Bertz CT molecular complexity index is 213. The van der Waals surface area contributed by atoms with Crippen LogP contribution in [0.15, 0.2) is 0 Å². The summed E-state index contributed by atoms with van der Waals surface area (Å²) in [5.41, 5.74) is 5.85. The van der Waals surface area contributed by atoms with Crippen molar-refractivity contribution in [2.24, 2.45) is 5.73 Å². The van der Waals surface area contributed by atoms with Crippen LogP contribution in [0.4, 0.5) is 0 Å². The van der Waals surface area contributed by atoms with Crippen LogP contribution in [0.5, 0.6) is 0 Å². The molecule has 1 atom stereocenters. The SMILES string of the molecule is CCC[C@H](N)C(=O)N1CCCC1(C)C. The van der Waals surface area contributed by atoms with Crippen LogP contribution in [0.3, 0.4) is 0 Å². The normalized spacial score (nSPS) is 22.4. The second-order valence-corrected chi connectivity index (χ2v) is 4.80. The van der Waals surface area contributed by atoms with Crippen molar-refractivity contribution in [1.82, 2.24) is 4.90 Å². The highest BCUT2D eigenvalue weighted by Gasteiger charge is 2.36. The van der Waals surface area contributed by atoms with Crippen LogP contribution in [0.25, 0.3) is 0 Å². The Morgan fingerprint density at radius 3 is 2.64 bits per heavy atom. The molecule has 1 saturated heterocycles. The number of rotatable bonds is 3. The van der Waals surface area contributed by atoms with E-state index in [0.717, 1.165) is 32.2 Å². The summed E-state index contributed by atoms with van der Waals surface area (Å²) in [6.45, 7) is 7.18. The van der Waals surface area contributed by atoms with E-state index >= 15 is 0 Å². The molecule has 3 heteroatoms. The van der Waals surface area contributed by atoms with Crippen molar-refractivity contribution in [2.75, 3.05) is 6.54 Å². The first-order valence-corrected chi connectivity index (χ1v) is 5.56. The number of nitrogens with two attached hydrogens (primary N) is 1. The van der Waals surface area contributed by atoms with E-state index in [1.54, 1.807) is 0 Å². The van der Waals surface area contributed by atoms with Gasteiger partial charge in [-0.05, 0) is 33.1 Å². The van der Waals surface area contributed by atoms with E-state index < -0.39 is 0 Å². The van der Waals surface area contributed by atoms with Crippen LogP contribution in [0.1, 0.15) is 46.5 Å². The number of nitrogens with zero attached hydrogens (tertiary/aromatic N) is 1. The van der Waals surface area contributed by atoms with Crippen LogP contribution in [-0.4, -0.2) is 28.9 Å². The number of likely N-dealkylation sites (tertiary alicyclic amines) is 1. The van der Waals surface area contributed by atoms with Gasteiger partial charge in [0.2, 0.25) is 5.91 Å². The largest absolute Gasteiger partial charge is 0.336 e. The fourth-order valence-electron chi connectivity index (χ4n) is 2.15. The van der Waals surface area contributed by atoms with Crippen LogP contribution in [0.2, 0.25) is 0 Å². The lowest BCUT2D eigenvalue weighted by atomic mass is 10.0. The first-order chi connectivity index (χ1) is 6.49. The number of amides is 1. The van der Waals surface area contributed by atoms with E-state index in [4.69, 9.17) is 5.73 Å². The lowest BCUT2D eigenvalue weighted by Gasteiger charge is -2.33. The van der Waals surface area contributed by atoms with E-state index in [9.17, 15) is 4.79 Å². The van der Waals surface area contributed by atoms with Gasteiger partial charge in [-0.1, -0.05) is 13.3 Å². The molecule has 0 aromatic rings. The Hall–Kier alpha value is -0.570. The maximum Gasteiger partial charge on any atom is 0.239 e. The molecule has 0 aromatic carbocycles. The Labute approximate surface area is 86.6 Å². The van der Waals surface area contributed by atoms with Crippen LogP contribution < -0.4 is 5.73 Å². The van der Waals surface area contributed by atoms with E-state index in [0.29, 0.717) is 0 Å². The monoisotopic (exact) mass is 198 g/mol. The molecule has 14 heavy (non-hydrogen) atoms. The van der Waals surface area contributed by atoms with Gasteiger partial charge in [0.25, 0.3) is 0 Å². The van der Waals surface area contributed by atoms with Crippen molar-refractivity contribution >= 4 is 5.91 Å². The molecule has 1 aliphatic heterocycles. The summed E-state index contributed by atoms with van der Waals surface area (Å²) in [5, 5.41) is 0. The third kappa shape index (κ3) is 2.27. The Morgan fingerprint density at radius 1 is 1.57 bits per heavy atom. The Morgan fingerprint density at radius 2 is 2.21 bits per heavy atom. The third-order valence-electron chi connectivity index (χ3n) is 3.08. The zero-order chi connectivity index (χ0) is 10.8. The van der Waals surface area contributed by atoms with Crippen molar-refractivity contribution in [3.8, 4) is 0 Å². The minimum atomic E-state index is -0.294. The zero-order valence-electron chi connectivity index (χ0n) is 9.55. The van der Waals surface area contributed by atoms with Gasteiger partial charge >= 0.3 is 0 Å². The zero-order valence-corrected chi connectivity index (χ0v) is 9.55. The third-order valence-corrected chi connectivity index (χ3v) is 3.08. The maximum absolute atomic E-state index is 12.0. The molecule has 1 amide bonds. The summed E-state index contributed by atoms with van der Waals surface area (Å²) in [4.78, 5) is 13.9. The number of hydrogen-bond acceptors (Lipinski definition) is 2. The molecule has 3 nitrogen and oxygen atoms in total. The first-order valence-electron chi connectivity index (χ1n) is 5.56. The summed E-state index contributed by atoms with van der Waals surface area (Å²) in [5.74, 6) is 0.134. The fraction of sp³-hybridized carbons (Fsp3) is 0.909. The van der Waals surface area contributed by atoms with E-state index in [2.05, 4.69) is 20.8 Å². The van der Waals surface area contributed by atoms with Crippen LogP contribution >= 0.6 is 0 Å². The van der Waals surface area contributed by atoms with Crippen LogP contribution in [0, 0.1) is 0 Å². The van der Waals surface area contributed by atoms with E-state index in [-0.39, 0.29) is 17.5 Å². The van der Waals surface area contributed by atoms with Crippen molar-refractivity contribution in [3.05, 3.63) is 0 Å². The maximum atomic E-state index is 12.0. The van der Waals surface area contributed by atoms with Gasteiger partial charge in [0, 0.05) is 12.1 Å². The average Bonchev–Trinajstić information content (AvgIpc) is 2.44. The Balaban J connectivity index is 2.60. The molecule has 1 heterocycles. The van der Waals surface area contributed by atoms with Gasteiger partial charge in [0.15, 0.2) is 0 Å². The molecule has 0 unspecified atom stereocenters. The van der Waals surface area contributed by atoms with Gasteiger partial charge in [-0.3, -0.25) is 4.79 Å². The molecule has 1 rings (SSSR count). The smallest absolute Gasteiger partial charge is 0.239 e. The highest BCUT2D eigenvalue weighted by atomic mass is 16.2. The molecule has 0 radical (unpaired) electrons. The minimum absolute atomic E-state index is 0.0163. The molecule has 82 valence electrons. The molecule has 0 aliphatic carbocycles. The van der Waals surface area contributed by atoms with Gasteiger partial charge < -0.3 is 10.6 Å². The summed E-state index contributed by atoms with van der Waals surface area (Å²) in [7, 11) is 0. The van der Waals surface area contributed by atoms with Crippen molar-refractivity contribution in [1.29, 1.82) is 0 Å². The quantitative estimate of drug-likeness (QED) is 0.747. The molecule has 2 N–H and O–H groups in total. The number of hydrogen-bond donors (Lipinski definition) is 1. The topological polar surface area (TPSA) is 46.3 Å². The second kappa shape index (κ2) is 4.30. The molecule has 0 spiro atoms. The van der Waals surface area contributed by atoms with Gasteiger partial charge in [0.05, 0.1) is 6.04 Å². The highest BCUT2D eigenvalue weighted by molar-refractivity contribution is 5.82. The van der Waals surface area contributed by atoms with E-state index in [1.165, 1.54) is 0 Å². The van der Waals surface area contributed by atoms with Crippen molar-refractivity contribution in [2.45, 2.75) is 58.0 Å². The number of carbonyl (C=O) groups excluding carboxylic acids is 1. The summed E-state index contributed by atoms with van der Waals surface area (Å²) >= 11 is 0. The fourth-order valence-corrected chi connectivity index (χ4v) is 2.15. The number of carbonyl (C=O) groups is 1. The van der Waals surface area contributed by atoms with Crippen molar-refractivity contribution in [3.63, 3.8) is 0 Å². The van der Waals surface area contributed by atoms with Crippen molar-refractivity contribution < 1.29 is 4.79 Å². The second-order valence-electron chi connectivity index (χ2n) is 4.80. The van der Waals surface area contributed by atoms with Crippen LogP contribution in [-0.2, 0) is 4.79 Å². The predicted molar refractivity (Wildman–Crippen MR) is 57.9 cm³/mol. The standard InChI is InChI=1S/C11H22N2O/c1-4-6-9(12)10(14)13-8-5-7-11(13,2)3/h9H,4-8,12H2,1-3H3/t9-/m0/s1. The minimum Gasteiger partial charge on any atom is -0.336 e. The molecule has 0 aromatic heterocycles. The molecular formula is C11H22N2O. The molecule has 0 bridgehead atoms. The van der Waals surface area contributed by atoms with Gasteiger partial charge in [-0.2, -0.15) is 0 Å². The van der Waals surface area contributed by atoms with Gasteiger partial charge in [0.1, 0.15) is 0 Å². The highest BCUT2D eigenvalue weighted by Crippen LogP contribution is 2.28.